The summed E-state index contributed by atoms with van der Waals surface area (Å²) in [4.78, 5) is 22.7. The molecule has 0 spiro atoms. The molecular weight excluding hydrogens is 332 g/mol. The summed E-state index contributed by atoms with van der Waals surface area (Å²) in [5.74, 6) is 1.04. The number of methoxy groups -OCH3 is 1. The van der Waals surface area contributed by atoms with Crippen molar-refractivity contribution in [2.24, 2.45) is 0 Å². The molecule has 7 nitrogen and oxygen atoms in total. The monoisotopic (exact) mass is 356 g/mol. The zero-order valence-corrected chi connectivity index (χ0v) is 14.8. The Morgan fingerprint density at radius 2 is 2.04 bits per heavy atom. The Hall–Kier alpha value is -2.67. The summed E-state index contributed by atoms with van der Waals surface area (Å²) in [6, 6.07) is 11.2. The molecule has 1 aromatic carbocycles. The van der Waals surface area contributed by atoms with Crippen LogP contribution in [0.25, 0.3) is 0 Å². The SMILES string of the molecule is COc1ccnc(NC2CCN(C(=O)CC(O)c3ccccc3)CC2)n1. The summed E-state index contributed by atoms with van der Waals surface area (Å²) in [6.45, 7) is 1.31. The average molecular weight is 356 g/mol. The van der Waals surface area contributed by atoms with Gasteiger partial charge < -0.3 is 20.1 Å². The number of aliphatic hydroxyl groups is 1. The van der Waals surface area contributed by atoms with Crippen LogP contribution in [-0.2, 0) is 4.79 Å². The number of rotatable bonds is 6. The lowest BCUT2D eigenvalue weighted by Gasteiger charge is -2.33. The standard InChI is InChI=1S/C19H24N4O3/c1-26-17-7-10-20-19(22-17)21-15-8-11-23(12-9-15)18(25)13-16(24)14-5-3-2-4-6-14/h2-7,10,15-16,24H,8-9,11-13H2,1H3,(H,20,21,22). The lowest BCUT2D eigenvalue weighted by atomic mass is 10.0. The van der Waals surface area contributed by atoms with Crippen LogP contribution in [0.3, 0.4) is 0 Å². The molecule has 1 unspecified atom stereocenters. The van der Waals surface area contributed by atoms with Crippen molar-refractivity contribution in [2.45, 2.75) is 31.4 Å². The molecule has 0 radical (unpaired) electrons. The number of hydrogen-bond donors (Lipinski definition) is 2. The maximum absolute atomic E-state index is 12.4. The van der Waals surface area contributed by atoms with Gasteiger partial charge in [-0.25, -0.2) is 4.98 Å². The third-order valence-corrected chi connectivity index (χ3v) is 4.57. The zero-order valence-electron chi connectivity index (χ0n) is 14.8. The highest BCUT2D eigenvalue weighted by atomic mass is 16.5. The Morgan fingerprint density at radius 1 is 1.31 bits per heavy atom. The summed E-state index contributed by atoms with van der Waals surface area (Å²) < 4.78 is 5.10. The zero-order chi connectivity index (χ0) is 18.4. The predicted octanol–water partition coefficient (Wildman–Crippen LogP) is 2.01. The lowest BCUT2D eigenvalue weighted by Crippen LogP contribution is -2.43. The number of likely N-dealkylation sites (tertiary alicyclic amines) is 1. The number of piperidine rings is 1. The number of amides is 1. The number of nitrogens with zero attached hydrogens (tertiary/aromatic N) is 3. The number of aromatic nitrogens is 2. The number of hydrogen-bond acceptors (Lipinski definition) is 6. The molecule has 3 rings (SSSR count). The summed E-state index contributed by atoms with van der Waals surface area (Å²) in [7, 11) is 1.57. The molecule has 0 bridgehead atoms. The molecule has 1 aliphatic heterocycles. The molecule has 2 N–H and O–H groups in total. The van der Waals surface area contributed by atoms with Crippen molar-refractivity contribution in [1.82, 2.24) is 14.9 Å². The summed E-state index contributed by atoms with van der Waals surface area (Å²) in [5, 5.41) is 13.5. The Labute approximate surface area is 153 Å². The molecular formula is C19H24N4O3. The number of anilines is 1. The van der Waals surface area contributed by atoms with Gasteiger partial charge in [-0.3, -0.25) is 4.79 Å². The fraction of sp³-hybridized carbons (Fsp3) is 0.421. The number of carbonyl (C=O) groups excluding carboxylic acids is 1. The Bertz CT molecular complexity index is 718. The fourth-order valence-electron chi connectivity index (χ4n) is 3.07. The molecule has 2 aromatic rings. The van der Waals surface area contributed by atoms with E-state index >= 15 is 0 Å². The Kier molecular flexibility index (Phi) is 6.01. The van der Waals surface area contributed by atoms with Crippen LogP contribution in [0.5, 0.6) is 5.88 Å². The second-order valence-electron chi connectivity index (χ2n) is 6.35. The number of carbonyl (C=O) groups is 1. The molecule has 1 aliphatic rings. The maximum Gasteiger partial charge on any atom is 0.226 e. The summed E-state index contributed by atoms with van der Waals surface area (Å²) in [5.41, 5.74) is 0.771. The van der Waals surface area contributed by atoms with E-state index < -0.39 is 6.10 Å². The van der Waals surface area contributed by atoms with Crippen molar-refractivity contribution in [1.29, 1.82) is 0 Å². The molecule has 1 atom stereocenters. The van der Waals surface area contributed by atoms with Gasteiger partial charge >= 0.3 is 0 Å². The largest absolute Gasteiger partial charge is 0.481 e. The highest BCUT2D eigenvalue weighted by Gasteiger charge is 2.25. The minimum absolute atomic E-state index is 0.0163. The van der Waals surface area contributed by atoms with Crippen LogP contribution in [0.1, 0.15) is 30.9 Å². The second kappa shape index (κ2) is 8.62. The number of aliphatic hydroxyl groups excluding tert-OH is 1. The molecule has 0 aliphatic carbocycles. The minimum Gasteiger partial charge on any atom is -0.481 e. The van der Waals surface area contributed by atoms with Gasteiger partial charge in [-0.15, -0.1) is 0 Å². The van der Waals surface area contributed by atoms with E-state index in [1.165, 1.54) is 0 Å². The third kappa shape index (κ3) is 4.70. The number of nitrogens with one attached hydrogen (secondary N) is 1. The number of benzene rings is 1. The molecule has 7 heteroatoms. The van der Waals surface area contributed by atoms with Crippen molar-refractivity contribution < 1.29 is 14.6 Å². The molecule has 1 fully saturated rings. The first-order chi connectivity index (χ1) is 12.7. The van der Waals surface area contributed by atoms with E-state index in [0.717, 1.165) is 18.4 Å². The Balaban J connectivity index is 1.47. The molecule has 26 heavy (non-hydrogen) atoms. The molecule has 138 valence electrons. The van der Waals surface area contributed by atoms with Gasteiger partial charge in [0.2, 0.25) is 17.7 Å². The van der Waals surface area contributed by atoms with Gasteiger partial charge in [-0.05, 0) is 18.4 Å². The van der Waals surface area contributed by atoms with Gasteiger partial charge in [0.1, 0.15) is 0 Å². The van der Waals surface area contributed by atoms with Crippen LogP contribution in [0, 0.1) is 0 Å². The second-order valence-corrected chi connectivity index (χ2v) is 6.35. The molecule has 0 saturated carbocycles. The lowest BCUT2D eigenvalue weighted by molar-refractivity contribution is -0.134. The normalized spacial score (nSPS) is 16.2. The van der Waals surface area contributed by atoms with Gasteiger partial charge in [0, 0.05) is 31.4 Å². The predicted molar refractivity (Wildman–Crippen MR) is 97.8 cm³/mol. The van der Waals surface area contributed by atoms with Crippen LogP contribution in [-0.4, -0.2) is 52.1 Å². The van der Waals surface area contributed by atoms with Crippen molar-refractivity contribution in [3.8, 4) is 5.88 Å². The third-order valence-electron chi connectivity index (χ3n) is 4.57. The van der Waals surface area contributed by atoms with Gasteiger partial charge in [0.25, 0.3) is 0 Å². The van der Waals surface area contributed by atoms with Crippen molar-refractivity contribution in [3.05, 3.63) is 48.2 Å². The van der Waals surface area contributed by atoms with Crippen molar-refractivity contribution in [3.63, 3.8) is 0 Å². The maximum atomic E-state index is 12.4. The summed E-state index contributed by atoms with van der Waals surface area (Å²) in [6.07, 6.45) is 2.63. The van der Waals surface area contributed by atoms with Gasteiger partial charge in [0.15, 0.2) is 0 Å². The van der Waals surface area contributed by atoms with E-state index in [2.05, 4.69) is 15.3 Å². The van der Waals surface area contributed by atoms with Crippen LogP contribution in [0.2, 0.25) is 0 Å². The smallest absolute Gasteiger partial charge is 0.226 e. The van der Waals surface area contributed by atoms with Crippen LogP contribution in [0.4, 0.5) is 5.95 Å². The van der Waals surface area contributed by atoms with Gasteiger partial charge in [0.05, 0.1) is 19.6 Å². The molecule has 1 amide bonds. The summed E-state index contributed by atoms with van der Waals surface area (Å²) >= 11 is 0. The van der Waals surface area contributed by atoms with Gasteiger partial charge in [-0.2, -0.15) is 4.98 Å². The number of ether oxygens (including phenoxy) is 1. The first-order valence-corrected chi connectivity index (χ1v) is 8.80. The van der Waals surface area contributed by atoms with E-state index in [4.69, 9.17) is 4.74 Å². The van der Waals surface area contributed by atoms with E-state index in [1.54, 1.807) is 19.4 Å². The van der Waals surface area contributed by atoms with E-state index in [0.29, 0.717) is 24.9 Å². The molecule has 2 heterocycles. The first kappa shape index (κ1) is 18.1. The first-order valence-electron chi connectivity index (χ1n) is 8.80. The van der Waals surface area contributed by atoms with Gasteiger partial charge in [-0.1, -0.05) is 30.3 Å². The highest BCUT2D eigenvalue weighted by Crippen LogP contribution is 2.20. The quantitative estimate of drug-likeness (QED) is 0.823. The highest BCUT2D eigenvalue weighted by molar-refractivity contribution is 5.77. The molecule has 1 aromatic heterocycles. The van der Waals surface area contributed by atoms with Crippen molar-refractivity contribution in [2.75, 3.05) is 25.5 Å². The topological polar surface area (TPSA) is 87.6 Å². The Morgan fingerprint density at radius 3 is 2.73 bits per heavy atom. The van der Waals surface area contributed by atoms with Crippen molar-refractivity contribution >= 4 is 11.9 Å². The van der Waals surface area contributed by atoms with E-state index in [-0.39, 0.29) is 18.4 Å². The fourth-order valence-corrected chi connectivity index (χ4v) is 3.07. The van der Waals surface area contributed by atoms with Crippen LogP contribution in [0.15, 0.2) is 42.6 Å². The van der Waals surface area contributed by atoms with Crippen LogP contribution >= 0.6 is 0 Å². The van der Waals surface area contributed by atoms with Crippen LogP contribution < -0.4 is 10.1 Å². The van der Waals surface area contributed by atoms with E-state index in [9.17, 15) is 9.90 Å². The minimum atomic E-state index is -0.760. The van der Waals surface area contributed by atoms with E-state index in [1.807, 2.05) is 35.2 Å². The molecule has 1 saturated heterocycles. The average Bonchev–Trinajstić information content (AvgIpc) is 2.69.